The molecule has 17 heavy (non-hydrogen) atoms. The molecular formula is C11H17N3OS2. The van der Waals surface area contributed by atoms with Gasteiger partial charge in [-0.15, -0.1) is 0 Å². The number of hydrogen-bond donors (Lipinski definition) is 1. The van der Waals surface area contributed by atoms with Gasteiger partial charge in [0, 0.05) is 24.1 Å². The number of aromatic nitrogens is 1. The second kappa shape index (κ2) is 5.27. The second-order valence-corrected chi connectivity index (χ2v) is 6.56. The maximum absolute atomic E-state index is 12.3. The standard InChI is InChI=1S/C11H17N3OS2/c1-3-8-6-14(4-5-16-8)10(15)9-7(2)13-11(12)17-9/h8H,3-6H2,1-2H3,(H2,12,13). The Labute approximate surface area is 110 Å². The fourth-order valence-corrected chi connectivity index (χ4v) is 3.89. The second-order valence-electron chi connectivity index (χ2n) is 4.12. The van der Waals surface area contributed by atoms with Gasteiger partial charge >= 0.3 is 0 Å². The Kier molecular flexibility index (Phi) is 3.93. The summed E-state index contributed by atoms with van der Waals surface area (Å²) in [4.78, 5) is 19.1. The quantitative estimate of drug-likeness (QED) is 0.894. The lowest BCUT2D eigenvalue weighted by atomic mass is 10.2. The zero-order valence-corrected chi connectivity index (χ0v) is 11.7. The highest BCUT2D eigenvalue weighted by molar-refractivity contribution is 8.00. The van der Waals surface area contributed by atoms with Crippen LogP contribution in [0.15, 0.2) is 0 Å². The molecule has 1 saturated heterocycles. The van der Waals surface area contributed by atoms with Crippen LogP contribution in [0.25, 0.3) is 0 Å². The molecule has 6 heteroatoms. The molecule has 0 saturated carbocycles. The van der Waals surface area contributed by atoms with Crippen molar-refractivity contribution < 1.29 is 4.79 Å². The molecule has 2 N–H and O–H groups in total. The number of thioether (sulfide) groups is 1. The van der Waals surface area contributed by atoms with Crippen LogP contribution in [0, 0.1) is 6.92 Å². The Morgan fingerprint density at radius 1 is 1.65 bits per heavy atom. The van der Waals surface area contributed by atoms with Crippen LogP contribution in [0.3, 0.4) is 0 Å². The van der Waals surface area contributed by atoms with Gasteiger partial charge in [0.15, 0.2) is 5.13 Å². The van der Waals surface area contributed by atoms with Gasteiger partial charge in [0.25, 0.3) is 5.91 Å². The number of hydrogen-bond acceptors (Lipinski definition) is 5. The Bertz CT molecular complexity index is 419. The van der Waals surface area contributed by atoms with E-state index in [1.54, 1.807) is 0 Å². The lowest BCUT2D eigenvalue weighted by Gasteiger charge is -2.31. The Hall–Kier alpha value is -0.750. The minimum atomic E-state index is 0.0930. The predicted molar refractivity (Wildman–Crippen MR) is 73.7 cm³/mol. The first-order valence-electron chi connectivity index (χ1n) is 5.75. The molecule has 1 unspecified atom stereocenters. The first-order valence-corrected chi connectivity index (χ1v) is 7.62. The van der Waals surface area contributed by atoms with Crippen molar-refractivity contribution in [3.8, 4) is 0 Å². The number of amides is 1. The van der Waals surface area contributed by atoms with Crippen LogP contribution in [0.4, 0.5) is 5.13 Å². The summed E-state index contributed by atoms with van der Waals surface area (Å²) < 4.78 is 0. The molecule has 0 radical (unpaired) electrons. The summed E-state index contributed by atoms with van der Waals surface area (Å²) in [6.45, 7) is 5.69. The van der Waals surface area contributed by atoms with E-state index in [-0.39, 0.29) is 5.91 Å². The highest BCUT2D eigenvalue weighted by Gasteiger charge is 2.26. The third-order valence-corrected chi connectivity index (χ3v) is 5.24. The number of carbonyl (C=O) groups is 1. The minimum Gasteiger partial charge on any atom is -0.375 e. The summed E-state index contributed by atoms with van der Waals surface area (Å²) in [6, 6.07) is 0. The zero-order chi connectivity index (χ0) is 12.4. The van der Waals surface area contributed by atoms with E-state index < -0.39 is 0 Å². The molecule has 4 nitrogen and oxygen atoms in total. The molecule has 2 heterocycles. The molecule has 1 fully saturated rings. The number of aryl methyl sites for hydroxylation is 1. The number of thiazole rings is 1. The molecule has 2 rings (SSSR count). The first-order chi connectivity index (χ1) is 8.11. The fourth-order valence-electron chi connectivity index (χ4n) is 1.91. The van der Waals surface area contributed by atoms with E-state index in [4.69, 9.17) is 5.73 Å². The average molecular weight is 271 g/mol. The normalized spacial score (nSPS) is 20.6. The van der Waals surface area contributed by atoms with Crippen LogP contribution in [0.1, 0.15) is 28.7 Å². The van der Waals surface area contributed by atoms with Gasteiger partial charge in [-0.2, -0.15) is 11.8 Å². The third-order valence-electron chi connectivity index (χ3n) is 2.89. The van der Waals surface area contributed by atoms with Gasteiger partial charge in [0.2, 0.25) is 0 Å². The van der Waals surface area contributed by atoms with Crippen molar-refractivity contribution in [2.45, 2.75) is 25.5 Å². The van der Waals surface area contributed by atoms with Crippen LogP contribution in [-0.4, -0.2) is 39.9 Å². The van der Waals surface area contributed by atoms with Crippen LogP contribution >= 0.6 is 23.1 Å². The van der Waals surface area contributed by atoms with E-state index in [0.29, 0.717) is 15.3 Å². The SMILES string of the molecule is CCC1CN(C(=O)c2sc(N)nc2C)CCS1. The van der Waals surface area contributed by atoms with Crippen molar-refractivity contribution in [2.24, 2.45) is 0 Å². The van der Waals surface area contributed by atoms with E-state index in [9.17, 15) is 4.79 Å². The number of anilines is 1. The van der Waals surface area contributed by atoms with Crippen molar-refractivity contribution in [1.29, 1.82) is 0 Å². The highest BCUT2D eigenvalue weighted by Crippen LogP contribution is 2.26. The number of carbonyl (C=O) groups excluding carboxylic acids is 1. The smallest absolute Gasteiger partial charge is 0.265 e. The van der Waals surface area contributed by atoms with Crippen molar-refractivity contribution in [2.75, 3.05) is 24.6 Å². The van der Waals surface area contributed by atoms with Gasteiger partial charge in [0.1, 0.15) is 4.88 Å². The number of nitrogen functional groups attached to an aromatic ring is 1. The van der Waals surface area contributed by atoms with E-state index >= 15 is 0 Å². The van der Waals surface area contributed by atoms with E-state index in [1.807, 2.05) is 23.6 Å². The fraction of sp³-hybridized carbons (Fsp3) is 0.636. The van der Waals surface area contributed by atoms with Crippen molar-refractivity contribution in [3.05, 3.63) is 10.6 Å². The average Bonchev–Trinajstić information content (AvgIpc) is 2.67. The molecule has 1 aliphatic heterocycles. The van der Waals surface area contributed by atoms with Crippen molar-refractivity contribution in [3.63, 3.8) is 0 Å². The van der Waals surface area contributed by atoms with Gasteiger partial charge in [-0.1, -0.05) is 18.3 Å². The molecule has 1 aromatic rings. The van der Waals surface area contributed by atoms with Gasteiger partial charge in [-0.05, 0) is 13.3 Å². The van der Waals surface area contributed by atoms with E-state index in [1.165, 1.54) is 11.3 Å². The zero-order valence-electron chi connectivity index (χ0n) is 10.1. The summed E-state index contributed by atoms with van der Waals surface area (Å²) >= 11 is 3.25. The van der Waals surface area contributed by atoms with E-state index in [0.717, 1.165) is 31.0 Å². The first kappa shape index (κ1) is 12.7. The summed E-state index contributed by atoms with van der Waals surface area (Å²) in [7, 11) is 0. The third kappa shape index (κ3) is 2.74. The van der Waals surface area contributed by atoms with Gasteiger partial charge < -0.3 is 10.6 Å². The molecule has 1 aliphatic rings. The van der Waals surface area contributed by atoms with Gasteiger partial charge in [-0.3, -0.25) is 4.79 Å². The minimum absolute atomic E-state index is 0.0930. The maximum Gasteiger partial charge on any atom is 0.265 e. The molecule has 0 bridgehead atoms. The molecule has 1 atom stereocenters. The maximum atomic E-state index is 12.3. The predicted octanol–water partition coefficient (Wildman–Crippen LogP) is 2.00. The van der Waals surface area contributed by atoms with Crippen LogP contribution in [-0.2, 0) is 0 Å². The molecule has 94 valence electrons. The molecule has 0 aromatic carbocycles. The molecule has 1 aromatic heterocycles. The van der Waals surface area contributed by atoms with Crippen LogP contribution in [0.2, 0.25) is 0 Å². The Morgan fingerprint density at radius 3 is 3.00 bits per heavy atom. The number of nitrogens with two attached hydrogens (primary N) is 1. The van der Waals surface area contributed by atoms with Gasteiger partial charge in [0.05, 0.1) is 5.69 Å². The van der Waals surface area contributed by atoms with Crippen LogP contribution in [0.5, 0.6) is 0 Å². The summed E-state index contributed by atoms with van der Waals surface area (Å²) in [5.41, 5.74) is 6.39. The molecule has 0 aliphatic carbocycles. The summed E-state index contributed by atoms with van der Waals surface area (Å²) in [5, 5.41) is 1.04. The van der Waals surface area contributed by atoms with Crippen molar-refractivity contribution in [1.82, 2.24) is 9.88 Å². The highest BCUT2D eigenvalue weighted by atomic mass is 32.2. The lowest BCUT2D eigenvalue weighted by Crippen LogP contribution is -2.41. The molecule has 1 amide bonds. The monoisotopic (exact) mass is 271 g/mol. The molecular weight excluding hydrogens is 254 g/mol. The van der Waals surface area contributed by atoms with Gasteiger partial charge in [-0.25, -0.2) is 4.98 Å². The van der Waals surface area contributed by atoms with Crippen molar-refractivity contribution >= 4 is 34.1 Å². The topological polar surface area (TPSA) is 59.2 Å². The number of rotatable bonds is 2. The van der Waals surface area contributed by atoms with E-state index in [2.05, 4.69) is 11.9 Å². The Morgan fingerprint density at radius 2 is 2.41 bits per heavy atom. The Balaban J connectivity index is 2.12. The summed E-state index contributed by atoms with van der Waals surface area (Å²) in [5.74, 6) is 1.12. The summed E-state index contributed by atoms with van der Waals surface area (Å²) in [6.07, 6.45) is 1.11. The molecule has 0 spiro atoms. The lowest BCUT2D eigenvalue weighted by molar-refractivity contribution is 0.0765. The largest absolute Gasteiger partial charge is 0.375 e. The number of nitrogens with zero attached hydrogens (tertiary/aromatic N) is 2. The van der Waals surface area contributed by atoms with Crippen LogP contribution < -0.4 is 5.73 Å².